The average Bonchev–Trinajstić information content (AvgIpc) is 1.98. The van der Waals surface area contributed by atoms with Crippen molar-refractivity contribution < 1.29 is 0 Å². The Balaban J connectivity index is 2.47. The van der Waals surface area contributed by atoms with Crippen molar-refractivity contribution in [2.45, 2.75) is 43.1 Å². The van der Waals surface area contributed by atoms with Gasteiger partial charge in [-0.3, -0.25) is 4.99 Å². The lowest BCUT2D eigenvalue weighted by Gasteiger charge is -2.28. The van der Waals surface area contributed by atoms with Gasteiger partial charge >= 0.3 is 0 Å². The number of hydrogen-bond acceptors (Lipinski definition) is 1. The van der Waals surface area contributed by atoms with E-state index in [1.807, 2.05) is 13.1 Å². The van der Waals surface area contributed by atoms with Gasteiger partial charge in [-0.25, -0.2) is 0 Å². The molecule has 11 heavy (non-hydrogen) atoms. The summed E-state index contributed by atoms with van der Waals surface area (Å²) in [4.78, 5) is 4.49. The third kappa shape index (κ3) is 2.73. The fourth-order valence-corrected chi connectivity index (χ4v) is 2.53. The molecule has 0 bridgehead atoms. The zero-order valence-electron chi connectivity index (χ0n) is 7.26. The highest BCUT2D eigenvalue weighted by Gasteiger charge is 2.24. The monoisotopic (exact) mass is 265 g/mol. The zero-order valence-corrected chi connectivity index (χ0v) is 9.41. The highest BCUT2D eigenvalue weighted by molar-refractivity contribution is 14.1. The zero-order chi connectivity index (χ0) is 8.27. The fourth-order valence-electron chi connectivity index (χ4n) is 1.65. The van der Waals surface area contributed by atoms with Crippen LogP contribution in [0.3, 0.4) is 0 Å². The van der Waals surface area contributed by atoms with Crippen molar-refractivity contribution in [1.29, 1.82) is 0 Å². The van der Waals surface area contributed by atoms with Gasteiger partial charge in [0.2, 0.25) is 0 Å². The summed E-state index contributed by atoms with van der Waals surface area (Å²) in [7, 11) is 0. The predicted molar refractivity (Wildman–Crippen MR) is 58.8 cm³/mol. The lowest BCUT2D eigenvalue weighted by molar-refractivity contribution is 0.346. The van der Waals surface area contributed by atoms with Gasteiger partial charge in [-0.15, -0.1) is 0 Å². The lowest BCUT2D eigenvalue weighted by atomic mass is 9.86. The molecule has 0 aliphatic heterocycles. The molecule has 1 aliphatic rings. The molecule has 0 radical (unpaired) electrons. The van der Waals surface area contributed by atoms with Crippen LogP contribution in [0.4, 0.5) is 0 Å². The summed E-state index contributed by atoms with van der Waals surface area (Å²) in [5.74, 6) is 0.803. The molecule has 0 aromatic carbocycles. The molecular weight excluding hydrogens is 249 g/mol. The van der Waals surface area contributed by atoms with Crippen molar-refractivity contribution in [2.24, 2.45) is 10.9 Å². The van der Waals surface area contributed by atoms with Crippen LogP contribution in [0.2, 0.25) is 0 Å². The summed E-state index contributed by atoms with van der Waals surface area (Å²) < 4.78 is 0.859. The number of alkyl halides is 1. The van der Waals surface area contributed by atoms with Crippen LogP contribution in [0.1, 0.15) is 33.1 Å². The van der Waals surface area contributed by atoms with Crippen molar-refractivity contribution in [1.82, 2.24) is 0 Å². The Hall–Kier alpha value is 0.400. The number of aliphatic imine (C=N–C) groups is 1. The Bertz CT molecular complexity index is 144. The molecule has 3 atom stereocenters. The van der Waals surface area contributed by atoms with E-state index in [0.717, 1.165) is 9.84 Å². The van der Waals surface area contributed by atoms with Gasteiger partial charge < -0.3 is 0 Å². The smallest absolute Gasteiger partial charge is 0.0531 e. The van der Waals surface area contributed by atoms with Crippen LogP contribution in [-0.4, -0.2) is 16.2 Å². The molecule has 0 aromatic heterocycles. The number of rotatable bonds is 1. The van der Waals surface area contributed by atoms with Gasteiger partial charge in [0, 0.05) is 3.92 Å². The van der Waals surface area contributed by atoms with Gasteiger partial charge in [0.05, 0.1) is 6.04 Å². The molecule has 1 saturated carbocycles. The quantitative estimate of drug-likeness (QED) is 0.392. The largest absolute Gasteiger partial charge is 0.294 e. The predicted octanol–water partition coefficient (Wildman–Crippen LogP) is 3.07. The SMILES string of the molecule is C/C=N\C1C[C@H](I)CCC1C. The third-order valence-electron chi connectivity index (χ3n) is 2.43. The number of hydrogen-bond donors (Lipinski definition) is 0. The van der Waals surface area contributed by atoms with E-state index in [0.29, 0.717) is 6.04 Å². The van der Waals surface area contributed by atoms with Crippen molar-refractivity contribution >= 4 is 28.8 Å². The first-order chi connectivity index (χ1) is 5.24. The summed E-state index contributed by atoms with van der Waals surface area (Å²) in [6, 6.07) is 0.607. The Labute approximate surface area is 82.8 Å². The molecule has 1 fully saturated rings. The van der Waals surface area contributed by atoms with E-state index in [4.69, 9.17) is 0 Å². The Morgan fingerprint density at radius 1 is 1.45 bits per heavy atom. The lowest BCUT2D eigenvalue weighted by Crippen LogP contribution is -2.26. The summed E-state index contributed by atoms with van der Waals surface area (Å²) in [5.41, 5.74) is 0. The molecule has 0 spiro atoms. The van der Waals surface area contributed by atoms with E-state index in [9.17, 15) is 0 Å². The minimum atomic E-state index is 0.607. The first kappa shape index (κ1) is 9.49. The fraction of sp³-hybridized carbons (Fsp3) is 0.889. The summed E-state index contributed by atoms with van der Waals surface area (Å²) >= 11 is 2.55. The van der Waals surface area contributed by atoms with Crippen molar-refractivity contribution in [3.63, 3.8) is 0 Å². The topological polar surface area (TPSA) is 12.4 Å². The van der Waals surface area contributed by atoms with Crippen LogP contribution in [0.5, 0.6) is 0 Å². The average molecular weight is 265 g/mol. The molecule has 0 aromatic rings. The maximum absolute atomic E-state index is 4.49. The molecule has 0 N–H and O–H groups in total. The van der Waals surface area contributed by atoms with Crippen LogP contribution in [-0.2, 0) is 0 Å². The van der Waals surface area contributed by atoms with E-state index < -0.39 is 0 Å². The second kappa shape index (κ2) is 4.43. The second-order valence-electron chi connectivity index (χ2n) is 3.36. The van der Waals surface area contributed by atoms with Gasteiger partial charge in [0.1, 0.15) is 0 Å². The van der Waals surface area contributed by atoms with E-state index in [1.54, 1.807) is 0 Å². The van der Waals surface area contributed by atoms with E-state index in [-0.39, 0.29) is 0 Å². The molecule has 0 heterocycles. The normalized spacial score (nSPS) is 39.7. The maximum Gasteiger partial charge on any atom is 0.0531 e. The van der Waals surface area contributed by atoms with E-state index in [2.05, 4.69) is 34.5 Å². The Morgan fingerprint density at radius 2 is 2.18 bits per heavy atom. The minimum absolute atomic E-state index is 0.607. The van der Waals surface area contributed by atoms with Crippen LogP contribution in [0, 0.1) is 5.92 Å². The van der Waals surface area contributed by atoms with Gasteiger partial charge in [0.15, 0.2) is 0 Å². The minimum Gasteiger partial charge on any atom is -0.294 e. The summed E-state index contributed by atoms with van der Waals surface area (Å²) in [6.45, 7) is 4.34. The van der Waals surface area contributed by atoms with Gasteiger partial charge in [-0.1, -0.05) is 29.5 Å². The van der Waals surface area contributed by atoms with Crippen molar-refractivity contribution in [3.05, 3.63) is 0 Å². The van der Waals surface area contributed by atoms with E-state index >= 15 is 0 Å². The number of nitrogens with zero attached hydrogens (tertiary/aromatic N) is 1. The van der Waals surface area contributed by atoms with Crippen LogP contribution < -0.4 is 0 Å². The Kier molecular flexibility index (Phi) is 3.82. The first-order valence-corrected chi connectivity index (χ1v) is 5.60. The van der Waals surface area contributed by atoms with Gasteiger partial charge in [0.25, 0.3) is 0 Å². The van der Waals surface area contributed by atoms with Crippen LogP contribution in [0.15, 0.2) is 4.99 Å². The van der Waals surface area contributed by atoms with Crippen molar-refractivity contribution in [3.8, 4) is 0 Å². The standard InChI is InChI=1S/C9H16IN/c1-3-11-9-6-8(10)5-4-7(9)2/h3,7-9H,4-6H2,1-2H3/b11-3-/t7?,8-,9?/m1/s1. The highest BCUT2D eigenvalue weighted by atomic mass is 127. The first-order valence-electron chi connectivity index (χ1n) is 4.36. The molecule has 2 unspecified atom stereocenters. The Morgan fingerprint density at radius 3 is 2.82 bits per heavy atom. The van der Waals surface area contributed by atoms with Gasteiger partial charge in [-0.2, -0.15) is 0 Å². The third-order valence-corrected chi connectivity index (χ3v) is 3.56. The van der Waals surface area contributed by atoms with Gasteiger partial charge in [-0.05, 0) is 38.3 Å². The highest BCUT2D eigenvalue weighted by Crippen LogP contribution is 2.30. The molecule has 64 valence electrons. The summed E-state index contributed by atoms with van der Waals surface area (Å²) in [6.07, 6.45) is 5.98. The molecule has 1 nitrogen and oxygen atoms in total. The molecule has 0 saturated heterocycles. The molecular formula is C9H16IN. The molecule has 0 amide bonds. The second-order valence-corrected chi connectivity index (χ2v) is 5.12. The van der Waals surface area contributed by atoms with E-state index in [1.165, 1.54) is 19.3 Å². The molecule has 1 aliphatic carbocycles. The van der Waals surface area contributed by atoms with Crippen molar-refractivity contribution in [2.75, 3.05) is 0 Å². The number of halogens is 1. The van der Waals surface area contributed by atoms with Crippen LogP contribution in [0.25, 0.3) is 0 Å². The summed E-state index contributed by atoms with van der Waals surface area (Å²) in [5, 5.41) is 0. The maximum atomic E-state index is 4.49. The molecule has 2 heteroatoms. The molecule has 1 rings (SSSR count). The van der Waals surface area contributed by atoms with Crippen LogP contribution >= 0.6 is 22.6 Å².